The van der Waals surface area contributed by atoms with Gasteiger partial charge in [-0.3, -0.25) is 9.59 Å². The summed E-state index contributed by atoms with van der Waals surface area (Å²) in [5.74, 6) is -0.468. The Morgan fingerprint density at radius 1 is 1.38 bits per heavy atom. The maximum absolute atomic E-state index is 11.2. The molecule has 0 saturated carbocycles. The first-order valence-electron chi connectivity index (χ1n) is 5.20. The van der Waals surface area contributed by atoms with Crippen molar-refractivity contribution in [2.24, 2.45) is 11.5 Å². The van der Waals surface area contributed by atoms with E-state index in [-0.39, 0.29) is 30.6 Å². The Labute approximate surface area is 95.9 Å². The van der Waals surface area contributed by atoms with Crippen LogP contribution in [0.3, 0.4) is 0 Å². The normalized spacial score (nSPS) is 14.1. The second-order valence-electron chi connectivity index (χ2n) is 3.82. The van der Waals surface area contributed by atoms with E-state index in [1.807, 2.05) is 0 Å². The zero-order valence-corrected chi connectivity index (χ0v) is 10.1. The minimum absolute atomic E-state index is 0.0960. The van der Waals surface area contributed by atoms with Crippen molar-refractivity contribution in [3.05, 3.63) is 0 Å². The summed E-state index contributed by atoms with van der Waals surface area (Å²) < 4.78 is 4.89. The highest BCUT2D eigenvalue weighted by atomic mass is 16.5. The number of rotatable bonds is 6. The highest BCUT2D eigenvalue weighted by Crippen LogP contribution is 2.05. The van der Waals surface area contributed by atoms with Crippen LogP contribution < -0.4 is 11.5 Å². The average Bonchev–Trinajstić information content (AvgIpc) is 2.22. The molecule has 0 rings (SSSR count). The molecule has 0 aromatic carbocycles. The third kappa shape index (κ3) is 5.67. The lowest BCUT2D eigenvalue weighted by Gasteiger charge is -2.28. The van der Waals surface area contributed by atoms with Crippen LogP contribution >= 0.6 is 0 Å². The van der Waals surface area contributed by atoms with Crippen LogP contribution in [0.2, 0.25) is 0 Å². The lowest BCUT2D eigenvalue weighted by atomic mass is 10.1. The van der Waals surface area contributed by atoms with Gasteiger partial charge >= 0.3 is 5.97 Å². The van der Waals surface area contributed by atoms with Gasteiger partial charge in [0.2, 0.25) is 5.91 Å². The molecule has 0 aromatic rings. The molecule has 1 unspecified atom stereocenters. The SMILES string of the molecule is CC(=O)OCC(C[C@@H](N)CN)N(C)C(C)=O. The van der Waals surface area contributed by atoms with Gasteiger partial charge in [0.1, 0.15) is 6.61 Å². The van der Waals surface area contributed by atoms with E-state index in [1.165, 1.54) is 18.7 Å². The average molecular weight is 231 g/mol. The first kappa shape index (κ1) is 14.9. The topological polar surface area (TPSA) is 98.7 Å². The molecule has 0 fully saturated rings. The van der Waals surface area contributed by atoms with Crippen molar-refractivity contribution in [3.8, 4) is 0 Å². The predicted molar refractivity (Wildman–Crippen MR) is 60.5 cm³/mol. The highest BCUT2D eigenvalue weighted by molar-refractivity contribution is 5.73. The van der Waals surface area contributed by atoms with E-state index in [2.05, 4.69) is 0 Å². The maximum Gasteiger partial charge on any atom is 0.302 e. The zero-order valence-electron chi connectivity index (χ0n) is 10.1. The largest absolute Gasteiger partial charge is 0.464 e. The van der Waals surface area contributed by atoms with Crippen LogP contribution in [0.4, 0.5) is 0 Å². The molecule has 94 valence electrons. The van der Waals surface area contributed by atoms with Crippen LogP contribution in [-0.4, -0.2) is 49.1 Å². The van der Waals surface area contributed by atoms with E-state index in [4.69, 9.17) is 16.2 Å². The standard InChI is InChI=1S/C10H21N3O3/c1-7(14)13(3)10(4-9(12)5-11)6-16-8(2)15/h9-10H,4-6,11-12H2,1-3H3/t9-,10?/m1/s1. The Hall–Kier alpha value is -1.14. The molecule has 0 bridgehead atoms. The number of nitrogens with zero attached hydrogens (tertiary/aromatic N) is 1. The molecule has 0 aliphatic rings. The van der Waals surface area contributed by atoms with Crippen LogP contribution in [0.5, 0.6) is 0 Å². The summed E-state index contributed by atoms with van der Waals surface area (Å²) in [6.45, 7) is 3.27. The van der Waals surface area contributed by atoms with Gasteiger partial charge in [-0.1, -0.05) is 0 Å². The molecule has 6 nitrogen and oxygen atoms in total. The summed E-state index contributed by atoms with van der Waals surface area (Å²) in [6, 6.07) is -0.428. The van der Waals surface area contributed by atoms with Crippen molar-refractivity contribution < 1.29 is 14.3 Å². The third-order valence-electron chi connectivity index (χ3n) is 2.40. The van der Waals surface area contributed by atoms with Crippen LogP contribution in [0, 0.1) is 0 Å². The Morgan fingerprint density at radius 2 is 1.94 bits per heavy atom. The van der Waals surface area contributed by atoms with E-state index in [0.29, 0.717) is 13.0 Å². The molecule has 0 aliphatic carbocycles. The second-order valence-corrected chi connectivity index (χ2v) is 3.82. The van der Waals surface area contributed by atoms with E-state index >= 15 is 0 Å². The summed E-state index contributed by atoms with van der Waals surface area (Å²) in [5, 5.41) is 0. The summed E-state index contributed by atoms with van der Waals surface area (Å²) in [7, 11) is 1.65. The van der Waals surface area contributed by atoms with Gasteiger partial charge in [0.05, 0.1) is 6.04 Å². The number of amides is 1. The fourth-order valence-electron chi connectivity index (χ4n) is 1.25. The molecule has 6 heteroatoms. The van der Waals surface area contributed by atoms with Crippen molar-refractivity contribution in [3.63, 3.8) is 0 Å². The second kappa shape index (κ2) is 7.19. The number of carbonyl (C=O) groups is 2. The van der Waals surface area contributed by atoms with Crippen LogP contribution in [0.25, 0.3) is 0 Å². The molecule has 0 radical (unpaired) electrons. The minimum atomic E-state index is -0.372. The van der Waals surface area contributed by atoms with E-state index in [0.717, 1.165) is 0 Å². The summed E-state index contributed by atoms with van der Waals surface area (Å²) in [4.78, 5) is 23.4. The number of hydrogen-bond acceptors (Lipinski definition) is 5. The van der Waals surface area contributed by atoms with Crippen molar-refractivity contribution >= 4 is 11.9 Å². The lowest BCUT2D eigenvalue weighted by Crippen LogP contribution is -2.44. The molecule has 0 saturated heterocycles. The summed E-state index contributed by atoms with van der Waals surface area (Å²) in [5.41, 5.74) is 11.1. The fourth-order valence-corrected chi connectivity index (χ4v) is 1.25. The number of ether oxygens (including phenoxy) is 1. The molecule has 0 spiro atoms. The molecule has 4 N–H and O–H groups in total. The van der Waals surface area contributed by atoms with E-state index < -0.39 is 0 Å². The fraction of sp³-hybridized carbons (Fsp3) is 0.800. The smallest absolute Gasteiger partial charge is 0.302 e. The number of carbonyl (C=O) groups excluding carboxylic acids is 2. The van der Waals surface area contributed by atoms with Gasteiger partial charge in [0.25, 0.3) is 0 Å². The first-order valence-corrected chi connectivity index (χ1v) is 5.20. The summed E-state index contributed by atoms with van der Waals surface area (Å²) >= 11 is 0. The van der Waals surface area contributed by atoms with Gasteiger partial charge < -0.3 is 21.1 Å². The number of hydrogen-bond donors (Lipinski definition) is 2. The minimum Gasteiger partial charge on any atom is -0.464 e. The van der Waals surface area contributed by atoms with Gasteiger partial charge in [0, 0.05) is 33.5 Å². The third-order valence-corrected chi connectivity index (χ3v) is 2.40. The zero-order chi connectivity index (χ0) is 12.7. The van der Waals surface area contributed by atoms with Crippen molar-refractivity contribution in [1.29, 1.82) is 0 Å². The van der Waals surface area contributed by atoms with Crippen molar-refractivity contribution in [2.75, 3.05) is 20.2 Å². The van der Waals surface area contributed by atoms with Gasteiger partial charge in [-0.15, -0.1) is 0 Å². The number of esters is 1. The Kier molecular flexibility index (Phi) is 6.67. The molecule has 0 heterocycles. The van der Waals surface area contributed by atoms with Crippen LogP contribution in [0.1, 0.15) is 20.3 Å². The monoisotopic (exact) mass is 231 g/mol. The lowest BCUT2D eigenvalue weighted by molar-refractivity contribution is -0.145. The van der Waals surface area contributed by atoms with Crippen molar-refractivity contribution in [1.82, 2.24) is 4.90 Å². The highest BCUT2D eigenvalue weighted by Gasteiger charge is 2.20. The molecule has 2 atom stereocenters. The number of likely N-dealkylation sites (N-methyl/N-ethyl adjacent to an activating group) is 1. The Balaban J connectivity index is 4.37. The van der Waals surface area contributed by atoms with Gasteiger partial charge in [-0.2, -0.15) is 0 Å². The summed E-state index contributed by atoms with van der Waals surface area (Å²) in [6.07, 6.45) is 0.514. The molecule has 16 heavy (non-hydrogen) atoms. The molecule has 0 aromatic heterocycles. The van der Waals surface area contributed by atoms with Crippen LogP contribution in [0.15, 0.2) is 0 Å². The quantitative estimate of drug-likeness (QED) is 0.576. The van der Waals surface area contributed by atoms with E-state index in [9.17, 15) is 9.59 Å². The van der Waals surface area contributed by atoms with Crippen LogP contribution in [-0.2, 0) is 14.3 Å². The van der Waals surface area contributed by atoms with Gasteiger partial charge in [-0.25, -0.2) is 0 Å². The molecular weight excluding hydrogens is 210 g/mol. The van der Waals surface area contributed by atoms with Gasteiger partial charge in [-0.05, 0) is 6.42 Å². The molecular formula is C10H21N3O3. The van der Waals surface area contributed by atoms with E-state index in [1.54, 1.807) is 7.05 Å². The maximum atomic E-state index is 11.2. The Morgan fingerprint density at radius 3 is 2.31 bits per heavy atom. The first-order chi connectivity index (χ1) is 7.38. The Bertz CT molecular complexity index is 245. The molecule has 0 aliphatic heterocycles. The predicted octanol–water partition coefficient (Wildman–Crippen LogP) is -0.927. The van der Waals surface area contributed by atoms with Gasteiger partial charge in [0.15, 0.2) is 0 Å². The van der Waals surface area contributed by atoms with Crippen molar-refractivity contribution in [2.45, 2.75) is 32.4 Å². The molecule has 1 amide bonds. The number of nitrogens with two attached hydrogens (primary N) is 2.